The minimum Gasteiger partial charge on any atom is -0.370 e. The SMILES string of the molecule is CCNc1cc([N+](=O)[O-])cc(Nc2ccc(Cl)cc2F)n1. The van der Waals surface area contributed by atoms with Crippen LogP contribution < -0.4 is 10.6 Å². The predicted molar refractivity (Wildman–Crippen MR) is 79.7 cm³/mol. The van der Waals surface area contributed by atoms with Crippen LogP contribution in [0.25, 0.3) is 0 Å². The first-order valence-electron chi connectivity index (χ1n) is 6.12. The number of aromatic nitrogens is 1. The van der Waals surface area contributed by atoms with E-state index in [1.165, 1.54) is 24.3 Å². The maximum Gasteiger partial charge on any atom is 0.276 e. The molecule has 0 bridgehead atoms. The van der Waals surface area contributed by atoms with Crippen LogP contribution >= 0.6 is 11.6 Å². The molecule has 1 aromatic heterocycles. The Morgan fingerprint density at radius 3 is 2.67 bits per heavy atom. The molecular weight excluding hydrogens is 299 g/mol. The summed E-state index contributed by atoms with van der Waals surface area (Å²) in [5, 5.41) is 16.8. The molecule has 0 atom stereocenters. The zero-order valence-corrected chi connectivity index (χ0v) is 11.8. The lowest BCUT2D eigenvalue weighted by Gasteiger charge is -2.09. The summed E-state index contributed by atoms with van der Waals surface area (Å²) >= 11 is 5.67. The van der Waals surface area contributed by atoms with Crippen LogP contribution in [-0.4, -0.2) is 16.5 Å². The summed E-state index contributed by atoms with van der Waals surface area (Å²) in [4.78, 5) is 14.5. The molecule has 0 saturated carbocycles. The maximum absolute atomic E-state index is 13.7. The van der Waals surface area contributed by atoms with Crippen molar-refractivity contribution in [3.63, 3.8) is 0 Å². The molecule has 110 valence electrons. The molecule has 0 aliphatic carbocycles. The van der Waals surface area contributed by atoms with E-state index in [0.717, 1.165) is 6.07 Å². The first-order valence-corrected chi connectivity index (χ1v) is 6.50. The van der Waals surface area contributed by atoms with Crippen LogP contribution in [-0.2, 0) is 0 Å². The first-order chi connectivity index (χ1) is 9.99. The van der Waals surface area contributed by atoms with E-state index in [0.29, 0.717) is 12.4 Å². The van der Waals surface area contributed by atoms with Crippen molar-refractivity contribution in [1.82, 2.24) is 4.98 Å². The molecule has 0 aliphatic rings. The number of hydrogen-bond donors (Lipinski definition) is 2. The van der Waals surface area contributed by atoms with E-state index in [2.05, 4.69) is 15.6 Å². The van der Waals surface area contributed by atoms with Gasteiger partial charge in [-0.25, -0.2) is 9.37 Å². The quantitative estimate of drug-likeness (QED) is 0.645. The van der Waals surface area contributed by atoms with Gasteiger partial charge in [0.2, 0.25) is 0 Å². The van der Waals surface area contributed by atoms with Gasteiger partial charge in [0.15, 0.2) is 0 Å². The van der Waals surface area contributed by atoms with Crippen molar-refractivity contribution in [2.75, 3.05) is 17.2 Å². The summed E-state index contributed by atoms with van der Waals surface area (Å²) in [5.41, 5.74) is -0.00679. The molecule has 0 saturated heterocycles. The third-order valence-corrected chi connectivity index (χ3v) is 2.81. The molecular formula is C13H12ClFN4O2. The normalized spacial score (nSPS) is 10.2. The van der Waals surface area contributed by atoms with Crippen molar-refractivity contribution < 1.29 is 9.31 Å². The Bertz CT molecular complexity index is 681. The van der Waals surface area contributed by atoms with Crippen molar-refractivity contribution in [3.8, 4) is 0 Å². The topological polar surface area (TPSA) is 80.1 Å². The average Bonchev–Trinajstić information content (AvgIpc) is 2.42. The van der Waals surface area contributed by atoms with Gasteiger partial charge in [0.1, 0.15) is 17.5 Å². The van der Waals surface area contributed by atoms with Crippen LogP contribution in [0, 0.1) is 15.9 Å². The second-order valence-electron chi connectivity index (χ2n) is 4.13. The Morgan fingerprint density at radius 2 is 2.05 bits per heavy atom. The lowest BCUT2D eigenvalue weighted by molar-refractivity contribution is -0.384. The highest BCUT2D eigenvalue weighted by atomic mass is 35.5. The zero-order chi connectivity index (χ0) is 15.4. The van der Waals surface area contributed by atoms with Crippen LogP contribution in [0.3, 0.4) is 0 Å². The van der Waals surface area contributed by atoms with Crippen LogP contribution in [0.4, 0.5) is 27.4 Å². The molecule has 1 aromatic carbocycles. The van der Waals surface area contributed by atoms with E-state index < -0.39 is 10.7 Å². The van der Waals surface area contributed by atoms with Gasteiger partial charge in [-0.15, -0.1) is 0 Å². The summed E-state index contributed by atoms with van der Waals surface area (Å²) in [6.45, 7) is 2.40. The Balaban J connectivity index is 2.36. The molecule has 0 amide bonds. The third kappa shape index (κ3) is 3.79. The molecule has 0 aliphatic heterocycles. The van der Waals surface area contributed by atoms with Gasteiger partial charge in [0, 0.05) is 11.6 Å². The number of hydrogen-bond acceptors (Lipinski definition) is 5. The minimum absolute atomic E-state index is 0.134. The fourth-order valence-corrected chi connectivity index (χ4v) is 1.84. The summed E-state index contributed by atoms with van der Waals surface area (Å²) in [6, 6.07) is 6.63. The Morgan fingerprint density at radius 1 is 1.33 bits per heavy atom. The van der Waals surface area contributed by atoms with E-state index in [1.807, 2.05) is 6.92 Å². The van der Waals surface area contributed by atoms with Crippen molar-refractivity contribution in [3.05, 3.63) is 51.3 Å². The number of nitrogens with one attached hydrogen (secondary N) is 2. The Labute approximate surface area is 125 Å². The van der Waals surface area contributed by atoms with Gasteiger partial charge in [-0.1, -0.05) is 11.6 Å². The highest BCUT2D eigenvalue weighted by Crippen LogP contribution is 2.26. The number of nitrogens with zero attached hydrogens (tertiary/aromatic N) is 2. The van der Waals surface area contributed by atoms with Gasteiger partial charge in [-0.05, 0) is 25.1 Å². The zero-order valence-electron chi connectivity index (χ0n) is 11.1. The van der Waals surface area contributed by atoms with E-state index in [-0.39, 0.29) is 22.2 Å². The maximum atomic E-state index is 13.7. The average molecular weight is 311 g/mol. The first kappa shape index (κ1) is 15.0. The fourth-order valence-electron chi connectivity index (χ4n) is 1.69. The van der Waals surface area contributed by atoms with Gasteiger partial charge >= 0.3 is 0 Å². The number of anilines is 3. The molecule has 21 heavy (non-hydrogen) atoms. The van der Waals surface area contributed by atoms with Gasteiger partial charge in [0.05, 0.1) is 22.7 Å². The van der Waals surface area contributed by atoms with E-state index >= 15 is 0 Å². The molecule has 1 heterocycles. The molecule has 0 spiro atoms. The summed E-state index contributed by atoms with van der Waals surface area (Å²) in [5.74, 6) is -0.0641. The van der Waals surface area contributed by atoms with Crippen molar-refractivity contribution in [2.24, 2.45) is 0 Å². The number of pyridine rings is 1. The van der Waals surface area contributed by atoms with E-state index in [9.17, 15) is 14.5 Å². The van der Waals surface area contributed by atoms with Crippen LogP contribution in [0.5, 0.6) is 0 Å². The molecule has 0 unspecified atom stereocenters. The lowest BCUT2D eigenvalue weighted by atomic mass is 10.3. The second kappa shape index (κ2) is 6.36. The molecule has 0 fully saturated rings. The van der Waals surface area contributed by atoms with Crippen molar-refractivity contribution >= 4 is 34.6 Å². The van der Waals surface area contributed by atoms with E-state index in [1.54, 1.807) is 0 Å². The minimum atomic E-state index is -0.569. The molecule has 8 heteroatoms. The molecule has 2 aromatic rings. The molecule has 6 nitrogen and oxygen atoms in total. The number of benzene rings is 1. The van der Waals surface area contributed by atoms with Crippen molar-refractivity contribution in [1.29, 1.82) is 0 Å². The summed E-state index contributed by atoms with van der Waals surface area (Å²) in [7, 11) is 0. The fraction of sp³-hybridized carbons (Fsp3) is 0.154. The van der Waals surface area contributed by atoms with Crippen LogP contribution in [0.2, 0.25) is 5.02 Å². The Hall–Kier alpha value is -2.41. The molecule has 2 N–H and O–H groups in total. The second-order valence-corrected chi connectivity index (χ2v) is 4.57. The Kier molecular flexibility index (Phi) is 4.54. The smallest absolute Gasteiger partial charge is 0.276 e. The van der Waals surface area contributed by atoms with Crippen LogP contribution in [0.1, 0.15) is 6.92 Å². The molecule has 0 radical (unpaired) electrons. The number of nitro groups is 1. The highest BCUT2D eigenvalue weighted by molar-refractivity contribution is 6.30. The van der Waals surface area contributed by atoms with Crippen molar-refractivity contribution in [2.45, 2.75) is 6.92 Å². The summed E-state index contributed by atoms with van der Waals surface area (Å²) in [6.07, 6.45) is 0. The van der Waals surface area contributed by atoms with Crippen LogP contribution in [0.15, 0.2) is 30.3 Å². The molecule has 2 rings (SSSR count). The number of halogens is 2. The van der Waals surface area contributed by atoms with E-state index in [4.69, 9.17) is 11.6 Å². The third-order valence-electron chi connectivity index (χ3n) is 2.57. The van der Waals surface area contributed by atoms with Gasteiger partial charge < -0.3 is 10.6 Å². The van der Waals surface area contributed by atoms with Gasteiger partial charge in [-0.2, -0.15) is 0 Å². The highest BCUT2D eigenvalue weighted by Gasteiger charge is 2.12. The standard InChI is InChI=1S/C13H12ClFN4O2/c1-2-16-12-6-9(19(20)21)7-13(18-12)17-11-4-3-8(14)5-10(11)15/h3-7H,2H2,1H3,(H2,16,17,18). The largest absolute Gasteiger partial charge is 0.370 e. The van der Waals surface area contributed by atoms with Gasteiger partial charge in [0.25, 0.3) is 5.69 Å². The lowest BCUT2D eigenvalue weighted by Crippen LogP contribution is -2.04. The van der Waals surface area contributed by atoms with Gasteiger partial charge in [-0.3, -0.25) is 10.1 Å². The summed E-state index contributed by atoms with van der Waals surface area (Å²) < 4.78 is 13.7. The predicted octanol–water partition coefficient (Wildman–Crippen LogP) is 3.96. The number of rotatable bonds is 5. The monoisotopic (exact) mass is 310 g/mol.